The van der Waals surface area contributed by atoms with Crippen molar-refractivity contribution < 1.29 is 14.3 Å². The molecule has 1 amide bonds. The molecule has 25 heavy (non-hydrogen) atoms. The minimum atomic E-state index is -0.663. The molecule has 1 fully saturated rings. The van der Waals surface area contributed by atoms with E-state index in [1.54, 1.807) is 6.07 Å². The molecule has 0 unspecified atom stereocenters. The molecule has 1 aromatic carbocycles. The Morgan fingerprint density at radius 2 is 2.04 bits per heavy atom. The molecule has 2 N–H and O–H groups in total. The predicted molar refractivity (Wildman–Crippen MR) is 97.1 cm³/mol. The van der Waals surface area contributed by atoms with E-state index in [9.17, 15) is 14.7 Å². The Hall–Kier alpha value is -2.34. The number of piperidine rings is 1. The highest BCUT2D eigenvalue weighted by Crippen LogP contribution is 2.30. The Morgan fingerprint density at radius 3 is 2.76 bits per heavy atom. The van der Waals surface area contributed by atoms with Crippen molar-refractivity contribution in [2.75, 3.05) is 25.0 Å². The third-order valence-corrected chi connectivity index (χ3v) is 4.64. The molecule has 1 saturated heterocycles. The van der Waals surface area contributed by atoms with E-state index in [-0.39, 0.29) is 22.9 Å². The van der Waals surface area contributed by atoms with Gasteiger partial charge in [0.15, 0.2) is 11.3 Å². The lowest BCUT2D eigenvalue weighted by Gasteiger charge is -2.26. The van der Waals surface area contributed by atoms with Crippen LogP contribution < -0.4 is 10.9 Å². The molecule has 0 bridgehead atoms. The van der Waals surface area contributed by atoms with Crippen molar-refractivity contribution in [3.8, 4) is 5.75 Å². The molecule has 2 aromatic rings. The minimum absolute atomic E-state index is 0.0163. The number of aromatic hydroxyl groups is 1. The van der Waals surface area contributed by atoms with Crippen LogP contribution in [0.1, 0.15) is 38.2 Å². The fraction of sp³-hybridized carbons (Fsp3) is 0.474. The van der Waals surface area contributed by atoms with E-state index < -0.39 is 5.63 Å². The van der Waals surface area contributed by atoms with Crippen molar-refractivity contribution in [2.45, 2.75) is 39.0 Å². The topological polar surface area (TPSA) is 82.8 Å². The number of fused-ring (bicyclic) bond motifs is 1. The Kier molecular flexibility index (Phi) is 5.38. The van der Waals surface area contributed by atoms with E-state index in [4.69, 9.17) is 4.42 Å². The van der Waals surface area contributed by atoms with E-state index in [0.29, 0.717) is 5.39 Å². The van der Waals surface area contributed by atoms with E-state index in [1.807, 2.05) is 6.07 Å². The van der Waals surface area contributed by atoms with Crippen LogP contribution in [0.3, 0.4) is 0 Å². The zero-order valence-corrected chi connectivity index (χ0v) is 14.5. The van der Waals surface area contributed by atoms with Crippen LogP contribution in [0.25, 0.3) is 11.0 Å². The number of hydrogen-bond acceptors (Lipinski definition) is 5. The minimum Gasteiger partial charge on any atom is -0.504 e. The normalized spacial score (nSPS) is 15.4. The molecule has 6 heteroatoms. The second kappa shape index (κ2) is 7.70. The third-order valence-electron chi connectivity index (χ3n) is 4.64. The van der Waals surface area contributed by atoms with E-state index in [2.05, 4.69) is 10.2 Å². The molecule has 6 nitrogen and oxygen atoms in total. The summed E-state index contributed by atoms with van der Waals surface area (Å²) >= 11 is 0. The number of likely N-dealkylation sites (tertiary alicyclic amines) is 1. The standard InChI is InChI=1S/C19H24N2O4/c1-13(22)20-16-12-15-8-7-14(17(23)18(15)25-19(16)24)6-5-11-21-9-3-2-4-10-21/h7-8,12,23H,2-6,9-11H2,1H3,(H,20,22). The van der Waals surface area contributed by atoms with Gasteiger partial charge in [0.2, 0.25) is 5.91 Å². The molecular weight excluding hydrogens is 320 g/mol. The van der Waals surface area contributed by atoms with E-state index in [0.717, 1.165) is 38.0 Å². The highest BCUT2D eigenvalue weighted by atomic mass is 16.4. The lowest BCUT2D eigenvalue weighted by atomic mass is 10.0. The summed E-state index contributed by atoms with van der Waals surface area (Å²) in [4.78, 5) is 25.5. The van der Waals surface area contributed by atoms with Gasteiger partial charge in [0.05, 0.1) is 0 Å². The smallest absolute Gasteiger partial charge is 0.360 e. The molecule has 0 atom stereocenters. The number of carbonyl (C=O) groups excluding carboxylic acids is 1. The summed E-state index contributed by atoms with van der Waals surface area (Å²) < 4.78 is 5.23. The van der Waals surface area contributed by atoms with Crippen LogP contribution in [-0.2, 0) is 11.2 Å². The van der Waals surface area contributed by atoms with Crippen LogP contribution in [0.4, 0.5) is 5.69 Å². The maximum Gasteiger partial charge on any atom is 0.360 e. The van der Waals surface area contributed by atoms with Crippen molar-refractivity contribution in [3.05, 3.63) is 34.2 Å². The summed E-state index contributed by atoms with van der Waals surface area (Å²) in [6, 6.07) is 5.19. The molecule has 0 aliphatic carbocycles. The zero-order chi connectivity index (χ0) is 17.8. The van der Waals surface area contributed by atoms with E-state index in [1.165, 1.54) is 32.3 Å². The summed E-state index contributed by atoms with van der Waals surface area (Å²) in [5, 5.41) is 13.5. The summed E-state index contributed by atoms with van der Waals surface area (Å²) in [6.07, 6.45) is 5.54. The second-order valence-corrected chi connectivity index (χ2v) is 6.63. The molecule has 2 heterocycles. The molecule has 0 spiro atoms. The van der Waals surface area contributed by atoms with Crippen LogP contribution in [0, 0.1) is 0 Å². The number of anilines is 1. The molecular formula is C19H24N2O4. The van der Waals surface area contributed by atoms with Gasteiger partial charge in [-0.1, -0.05) is 18.6 Å². The number of rotatable bonds is 5. The van der Waals surface area contributed by atoms with Gasteiger partial charge in [-0.2, -0.15) is 0 Å². The van der Waals surface area contributed by atoms with Crippen molar-refractivity contribution in [1.29, 1.82) is 0 Å². The zero-order valence-electron chi connectivity index (χ0n) is 14.5. The van der Waals surface area contributed by atoms with Crippen molar-refractivity contribution in [3.63, 3.8) is 0 Å². The molecule has 1 aliphatic rings. The number of phenols is 1. The van der Waals surface area contributed by atoms with Crippen LogP contribution in [-0.4, -0.2) is 35.5 Å². The van der Waals surface area contributed by atoms with Gasteiger partial charge in [0.25, 0.3) is 0 Å². The molecule has 1 aromatic heterocycles. The van der Waals surface area contributed by atoms with Gasteiger partial charge < -0.3 is 19.7 Å². The van der Waals surface area contributed by atoms with Crippen molar-refractivity contribution >= 4 is 22.6 Å². The van der Waals surface area contributed by atoms with Crippen molar-refractivity contribution in [2.24, 2.45) is 0 Å². The molecule has 1 aliphatic heterocycles. The first-order chi connectivity index (χ1) is 12.0. The predicted octanol–water partition coefficient (Wildman–Crippen LogP) is 2.88. The van der Waals surface area contributed by atoms with Crippen LogP contribution in [0.15, 0.2) is 27.4 Å². The van der Waals surface area contributed by atoms with Gasteiger partial charge in [0, 0.05) is 12.3 Å². The number of nitrogens with zero attached hydrogens (tertiary/aromatic N) is 1. The number of nitrogens with one attached hydrogen (secondary N) is 1. The number of amides is 1. The summed E-state index contributed by atoms with van der Waals surface area (Å²) in [6.45, 7) is 4.66. The second-order valence-electron chi connectivity index (χ2n) is 6.63. The van der Waals surface area contributed by atoms with Crippen molar-refractivity contribution in [1.82, 2.24) is 4.90 Å². The molecule has 0 radical (unpaired) electrons. The maximum atomic E-state index is 12.0. The Balaban J connectivity index is 1.74. The van der Waals surface area contributed by atoms with Gasteiger partial charge in [-0.05, 0) is 56.9 Å². The van der Waals surface area contributed by atoms with E-state index >= 15 is 0 Å². The Bertz CT molecular complexity index is 822. The third kappa shape index (κ3) is 4.20. The number of hydrogen-bond donors (Lipinski definition) is 2. The van der Waals surface area contributed by atoms with Crippen LogP contribution >= 0.6 is 0 Å². The summed E-state index contributed by atoms with van der Waals surface area (Å²) in [5.74, 6) is -0.326. The lowest BCUT2D eigenvalue weighted by molar-refractivity contribution is -0.114. The maximum absolute atomic E-state index is 12.0. The first-order valence-electron chi connectivity index (χ1n) is 8.83. The molecule has 0 saturated carbocycles. The first-order valence-corrected chi connectivity index (χ1v) is 8.83. The molecule has 134 valence electrons. The van der Waals surface area contributed by atoms with Crippen LogP contribution in [0.2, 0.25) is 0 Å². The lowest BCUT2D eigenvalue weighted by Crippen LogP contribution is -2.30. The number of aryl methyl sites for hydroxylation is 1. The van der Waals surface area contributed by atoms with Gasteiger partial charge >= 0.3 is 5.63 Å². The van der Waals surface area contributed by atoms with Gasteiger partial charge in [-0.15, -0.1) is 0 Å². The fourth-order valence-electron chi connectivity index (χ4n) is 3.37. The van der Waals surface area contributed by atoms with Gasteiger partial charge in [-0.25, -0.2) is 4.79 Å². The first kappa shape index (κ1) is 17.5. The number of carbonyl (C=O) groups is 1. The Morgan fingerprint density at radius 1 is 1.28 bits per heavy atom. The highest BCUT2D eigenvalue weighted by molar-refractivity contribution is 5.92. The van der Waals surface area contributed by atoms with Gasteiger partial charge in [-0.3, -0.25) is 4.79 Å². The SMILES string of the molecule is CC(=O)Nc1cc2ccc(CCCN3CCCCC3)c(O)c2oc1=O. The fourth-order valence-corrected chi connectivity index (χ4v) is 3.37. The monoisotopic (exact) mass is 344 g/mol. The van der Waals surface area contributed by atoms with Crippen LogP contribution in [0.5, 0.6) is 5.75 Å². The number of benzene rings is 1. The Labute approximate surface area is 146 Å². The highest BCUT2D eigenvalue weighted by Gasteiger charge is 2.14. The number of phenolic OH excluding ortho intramolecular Hbond substituents is 1. The quantitative estimate of drug-likeness (QED) is 0.815. The van der Waals surface area contributed by atoms with Gasteiger partial charge in [0.1, 0.15) is 5.69 Å². The summed E-state index contributed by atoms with van der Waals surface area (Å²) in [7, 11) is 0. The largest absolute Gasteiger partial charge is 0.504 e. The summed E-state index contributed by atoms with van der Waals surface area (Å²) in [5.41, 5.74) is 0.371. The average Bonchev–Trinajstić information content (AvgIpc) is 2.59. The molecule has 3 rings (SSSR count). The average molecular weight is 344 g/mol.